The number of aromatic nitrogens is 3. The molecule has 25 heavy (non-hydrogen) atoms. The average molecular weight is 338 g/mol. The Morgan fingerprint density at radius 1 is 1.20 bits per heavy atom. The minimum Gasteiger partial charge on any atom is -0.309 e. The predicted molar refractivity (Wildman–Crippen MR) is 91.5 cm³/mol. The van der Waals surface area contributed by atoms with Gasteiger partial charge in [-0.15, -0.1) is 0 Å². The highest BCUT2D eigenvalue weighted by atomic mass is 19.1. The maximum Gasteiger partial charge on any atom is 0.254 e. The van der Waals surface area contributed by atoms with Gasteiger partial charge in [0.1, 0.15) is 18.2 Å². The maximum absolute atomic E-state index is 13.8. The Balaban J connectivity index is 1.78. The van der Waals surface area contributed by atoms with E-state index in [0.717, 1.165) is 10.1 Å². The van der Waals surface area contributed by atoms with Crippen LogP contribution in [0.25, 0.3) is 11.3 Å². The van der Waals surface area contributed by atoms with E-state index in [9.17, 15) is 14.0 Å². The topological polar surface area (TPSA) is 76.9 Å². The number of rotatable bonds is 4. The number of nitrogens with zero attached hydrogens (tertiary/aromatic N) is 3. The zero-order valence-electron chi connectivity index (χ0n) is 13.4. The summed E-state index contributed by atoms with van der Waals surface area (Å²) in [6.45, 7) is 1.61. The molecule has 0 atom stereocenters. The van der Waals surface area contributed by atoms with Crippen LogP contribution in [0, 0.1) is 12.7 Å². The molecule has 0 bridgehead atoms. The normalized spacial score (nSPS) is 10.5. The summed E-state index contributed by atoms with van der Waals surface area (Å²) >= 11 is 0. The molecule has 0 radical (unpaired) electrons. The molecule has 3 rings (SSSR count). The highest BCUT2D eigenvalue weighted by molar-refractivity contribution is 5.90. The Morgan fingerprint density at radius 3 is 2.72 bits per heavy atom. The lowest BCUT2D eigenvalue weighted by Gasteiger charge is -2.09. The van der Waals surface area contributed by atoms with Crippen LogP contribution in [0.2, 0.25) is 0 Å². The summed E-state index contributed by atoms with van der Waals surface area (Å²) in [5.41, 5.74) is 0.831. The van der Waals surface area contributed by atoms with Gasteiger partial charge in [0.15, 0.2) is 0 Å². The van der Waals surface area contributed by atoms with Gasteiger partial charge in [0, 0.05) is 17.8 Å². The molecule has 126 valence electrons. The van der Waals surface area contributed by atoms with E-state index in [-0.39, 0.29) is 17.8 Å². The van der Waals surface area contributed by atoms with Crippen molar-refractivity contribution >= 4 is 11.7 Å². The standard InChI is InChI=1S/C18H15FN4O2/c1-12-5-4-8-20-18(12)22-16(24)10-23-11-21-15(9-17(23)25)13-6-2-3-7-14(13)19/h2-9,11H,10H2,1H3,(H,20,22,24). The third-order valence-corrected chi connectivity index (χ3v) is 3.61. The van der Waals surface area contributed by atoms with Crippen LogP contribution in [0.4, 0.5) is 10.2 Å². The number of halogens is 1. The molecule has 7 heteroatoms. The van der Waals surface area contributed by atoms with Crippen molar-refractivity contribution in [3.8, 4) is 11.3 Å². The van der Waals surface area contributed by atoms with E-state index in [0.29, 0.717) is 5.82 Å². The first-order valence-electron chi connectivity index (χ1n) is 7.57. The fourth-order valence-corrected chi connectivity index (χ4v) is 2.30. The van der Waals surface area contributed by atoms with E-state index in [2.05, 4.69) is 15.3 Å². The maximum atomic E-state index is 13.8. The number of pyridine rings is 1. The van der Waals surface area contributed by atoms with Crippen LogP contribution >= 0.6 is 0 Å². The van der Waals surface area contributed by atoms with Crippen molar-refractivity contribution in [3.63, 3.8) is 0 Å². The van der Waals surface area contributed by atoms with Gasteiger partial charge in [-0.25, -0.2) is 14.4 Å². The van der Waals surface area contributed by atoms with E-state index in [4.69, 9.17) is 0 Å². The number of hydrogen-bond donors (Lipinski definition) is 1. The van der Waals surface area contributed by atoms with Gasteiger partial charge >= 0.3 is 0 Å². The molecule has 0 fully saturated rings. The molecular weight excluding hydrogens is 323 g/mol. The molecular formula is C18H15FN4O2. The van der Waals surface area contributed by atoms with Crippen molar-refractivity contribution in [1.82, 2.24) is 14.5 Å². The second kappa shape index (κ2) is 7.04. The first-order valence-corrected chi connectivity index (χ1v) is 7.57. The Labute approximate surface area is 143 Å². The monoisotopic (exact) mass is 338 g/mol. The fourth-order valence-electron chi connectivity index (χ4n) is 2.30. The molecule has 0 saturated carbocycles. The summed E-state index contributed by atoms with van der Waals surface area (Å²) in [7, 11) is 0. The Bertz CT molecular complexity index is 985. The Kier molecular flexibility index (Phi) is 4.65. The van der Waals surface area contributed by atoms with Crippen LogP contribution in [0.1, 0.15) is 5.56 Å². The number of benzene rings is 1. The van der Waals surface area contributed by atoms with E-state index < -0.39 is 17.3 Å². The van der Waals surface area contributed by atoms with Gasteiger partial charge in [0.05, 0.1) is 12.0 Å². The molecule has 1 aromatic carbocycles. The summed E-state index contributed by atoms with van der Waals surface area (Å²) in [6.07, 6.45) is 2.80. The number of carbonyl (C=O) groups excluding carboxylic acids is 1. The lowest BCUT2D eigenvalue weighted by atomic mass is 10.1. The van der Waals surface area contributed by atoms with Crippen molar-refractivity contribution in [2.24, 2.45) is 0 Å². The van der Waals surface area contributed by atoms with Crippen molar-refractivity contribution in [2.75, 3.05) is 5.32 Å². The minimum absolute atomic E-state index is 0.209. The summed E-state index contributed by atoms with van der Waals surface area (Å²) in [6, 6.07) is 10.8. The number of carbonyl (C=O) groups is 1. The van der Waals surface area contributed by atoms with Crippen LogP contribution < -0.4 is 10.9 Å². The third kappa shape index (κ3) is 3.77. The molecule has 0 spiro atoms. The van der Waals surface area contributed by atoms with Crippen molar-refractivity contribution in [2.45, 2.75) is 13.5 Å². The molecule has 0 saturated heterocycles. The minimum atomic E-state index is -0.462. The number of amides is 1. The van der Waals surface area contributed by atoms with Crippen LogP contribution in [-0.2, 0) is 11.3 Å². The molecule has 2 aromatic heterocycles. The van der Waals surface area contributed by atoms with Crippen molar-refractivity contribution in [3.05, 3.63) is 76.7 Å². The van der Waals surface area contributed by atoms with Crippen LogP contribution in [0.15, 0.2) is 59.8 Å². The van der Waals surface area contributed by atoms with E-state index in [1.165, 1.54) is 24.5 Å². The summed E-state index contributed by atoms with van der Waals surface area (Å²) in [5, 5.41) is 2.64. The molecule has 6 nitrogen and oxygen atoms in total. The van der Waals surface area contributed by atoms with Crippen molar-refractivity contribution in [1.29, 1.82) is 0 Å². The zero-order chi connectivity index (χ0) is 17.8. The smallest absolute Gasteiger partial charge is 0.254 e. The Hall–Kier alpha value is -3.35. The first-order chi connectivity index (χ1) is 12.0. The molecule has 1 amide bonds. The lowest BCUT2D eigenvalue weighted by molar-refractivity contribution is -0.116. The van der Waals surface area contributed by atoms with Crippen LogP contribution in [0.5, 0.6) is 0 Å². The highest BCUT2D eigenvalue weighted by Gasteiger charge is 2.10. The molecule has 0 aliphatic carbocycles. The summed E-state index contributed by atoms with van der Waals surface area (Å²) in [4.78, 5) is 32.4. The first kappa shape index (κ1) is 16.5. The van der Waals surface area contributed by atoms with Gasteiger partial charge in [0.2, 0.25) is 5.91 Å². The van der Waals surface area contributed by atoms with E-state index >= 15 is 0 Å². The largest absolute Gasteiger partial charge is 0.309 e. The predicted octanol–water partition coefficient (Wildman–Crippen LogP) is 2.39. The molecule has 0 unspecified atom stereocenters. The molecule has 2 heterocycles. The van der Waals surface area contributed by atoms with Crippen LogP contribution in [-0.4, -0.2) is 20.4 Å². The molecule has 3 aromatic rings. The van der Waals surface area contributed by atoms with Gasteiger partial charge in [0.25, 0.3) is 5.56 Å². The lowest BCUT2D eigenvalue weighted by Crippen LogP contribution is -2.28. The SMILES string of the molecule is Cc1cccnc1NC(=O)Cn1cnc(-c2ccccc2F)cc1=O. The number of anilines is 1. The average Bonchev–Trinajstić information content (AvgIpc) is 2.59. The number of aryl methyl sites for hydroxylation is 1. The highest BCUT2D eigenvalue weighted by Crippen LogP contribution is 2.18. The third-order valence-electron chi connectivity index (χ3n) is 3.61. The molecule has 0 aliphatic rings. The number of hydrogen-bond acceptors (Lipinski definition) is 4. The Morgan fingerprint density at radius 2 is 2.00 bits per heavy atom. The van der Waals surface area contributed by atoms with E-state index in [1.54, 1.807) is 24.4 Å². The van der Waals surface area contributed by atoms with Gasteiger partial charge in [-0.1, -0.05) is 18.2 Å². The zero-order valence-corrected chi connectivity index (χ0v) is 13.4. The second-order valence-corrected chi connectivity index (χ2v) is 5.44. The fraction of sp³-hybridized carbons (Fsp3) is 0.111. The second-order valence-electron chi connectivity index (χ2n) is 5.44. The molecule has 1 N–H and O–H groups in total. The van der Waals surface area contributed by atoms with Gasteiger partial charge < -0.3 is 5.32 Å². The quantitative estimate of drug-likeness (QED) is 0.792. The molecule has 0 aliphatic heterocycles. The van der Waals surface area contributed by atoms with Gasteiger partial charge in [-0.05, 0) is 30.7 Å². The number of nitrogens with one attached hydrogen (secondary N) is 1. The van der Waals surface area contributed by atoms with Crippen LogP contribution in [0.3, 0.4) is 0 Å². The van der Waals surface area contributed by atoms with E-state index in [1.807, 2.05) is 13.0 Å². The summed E-state index contributed by atoms with van der Waals surface area (Å²) < 4.78 is 14.9. The van der Waals surface area contributed by atoms with Gasteiger partial charge in [-0.2, -0.15) is 0 Å². The van der Waals surface area contributed by atoms with Crippen molar-refractivity contribution < 1.29 is 9.18 Å². The summed E-state index contributed by atoms with van der Waals surface area (Å²) in [5.74, 6) is -0.420. The van der Waals surface area contributed by atoms with Gasteiger partial charge in [-0.3, -0.25) is 14.2 Å².